The average molecular weight is 294 g/mol. The van der Waals surface area contributed by atoms with E-state index in [9.17, 15) is 0 Å². The lowest BCUT2D eigenvalue weighted by Gasteiger charge is -2.30. The molecule has 0 spiro atoms. The van der Waals surface area contributed by atoms with Gasteiger partial charge in [0.25, 0.3) is 0 Å². The summed E-state index contributed by atoms with van der Waals surface area (Å²) < 4.78 is 11.7. The Morgan fingerprint density at radius 3 is 2.35 bits per heavy atom. The molecule has 1 aliphatic heterocycles. The Balaban J connectivity index is 1.91. The van der Waals surface area contributed by atoms with E-state index < -0.39 is 8.56 Å². The number of benzene rings is 1. The number of hydrogen-bond acceptors (Lipinski definition) is 4. The van der Waals surface area contributed by atoms with E-state index in [1.54, 1.807) is 14.2 Å². The molecule has 0 amide bonds. The number of hydrogen-bond donors (Lipinski definition) is 1. The predicted octanol–water partition coefficient (Wildman–Crippen LogP) is 0.924. The van der Waals surface area contributed by atoms with Crippen molar-refractivity contribution in [1.82, 2.24) is 10.2 Å². The first kappa shape index (κ1) is 15.7. The van der Waals surface area contributed by atoms with Crippen LogP contribution in [0, 0.1) is 0 Å². The number of nitrogens with one attached hydrogen (secondary N) is 1. The summed E-state index contributed by atoms with van der Waals surface area (Å²) in [6, 6.07) is 11.4. The summed E-state index contributed by atoms with van der Waals surface area (Å²) in [5, 5.41) is 4.61. The van der Waals surface area contributed by atoms with Gasteiger partial charge in [-0.15, -0.1) is 0 Å². The second-order valence-corrected chi connectivity index (χ2v) is 8.62. The molecule has 1 N–H and O–H groups in total. The monoisotopic (exact) mass is 294 g/mol. The Labute approximate surface area is 123 Å². The molecule has 4 nitrogen and oxygen atoms in total. The van der Waals surface area contributed by atoms with Crippen LogP contribution in [0.4, 0.5) is 0 Å². The fraction of sp³-hybridized carbons (Fsp3) is 0.600. The highest BCUT2D eigenvalue weighted by Crippen LogP contribution is 2.15. The zero-order valence-electron chi connectivity index (χ0n) is 12.6. The van der Waals surface area contributed by atoms with Crippen molar-refractivity contribution in [3.63, 3.8) is 0 Å². The molecule has 2 rings (SSSR count). The maximum absolute atomic E-state index is 5.85. The zero-order valence-corrected chi connectivity index (χ0v) is 13.6. The second-order valence-electron chi connectivity index (χ2n) is 5.22. The van der Waals surface area contributed by atoms with Gasteiger partial charge in [0.15, 0.2) is 0 Å². The highest BCUT2D eigenvalue weighted by molar-refractivity contribution is 6.81. The van der Waals surface area contributed by atoms with Crippen LogP contribution in [-0.2, 0) is 8.85 Å². The fourth-order valence-corrected chi connectivity index (χ4v) is 5.49. The molecule has 20 heavy (non-hydrogen) atoms. The van der Waals surface area contributed by atoms with Gasteiger partial charge in [-0.25, -0.2) is 0 Å². The van der Waals surface area contributed by atoms with Crippen LogP contribution in [0.3, 0.4) is 0 Å². The summed E-state index contributed by atoms with van der Waals surface area (Å²) in [5.41, 5.74) is 0. The molecule has 1 saturated heterocycles. The highest BCUT2D eigenvalue weighted by atomic mass is 28.4. The topological polar surface area (TPSA) is 33.7 Å². The van der Waals surface area contributed by atoms with Crippen molar-refractivity contribution in [2.75, 3.05) is 46.9 Å². The van der Waals surface area contributed by atoms with Gasteiger partial charge in [0.05, 0.1) is 0 Å². The molecule has 0 unspecified atom stereocenters. The quantitative estimate of drug-likeness (QED) is 0.759. The minimum Gasteiger partial charge on any atom is -0.394 e. The first-order valence-electron chi connectivity index (χ1n) is 7.39. The second kappa shape index (κ2) is 7.90. The van der Waals surface area contributed by atoms with Crippen LogP contribution in [0.1, 0.15) is 6.42 Å². The lowest BCUT2D eigenvalue weighted by molar-refractivity contribution is 0.229. The smallest absolute Gasteiger partial charge is 0.372 e. The van der Waals surface area contributed by atoms with Crippen LogP contribution in [0.15, 0.2) is 30.3 Å². The van der Waals surface area contributed by atoms with Gasteiger partial charge < -0.3 is 19.1 Å². The van der Waals surface area contributed by atoms with Crippen molar-refractivity contribution < 1.29 is 8.85 Å². The van der Waals surface area contributed by atoms with Crippen molar-refractivity contribution in [2.24, 2.45) is 0 Å². The van der Waals surface area contributed by atoms with Crippen molar-refractivity contribution in [3.05, 3.63) is 30.3 Å². The van der Waals surface area contributed by atoms with Crippen LogP contribution >= 0.6 is 0 Å². The molecular weight excluding hydrogens is 268 g/mol. The molecule has 1 heterocycles. The third kappa shape index (κ3) is 3.90. The summed E-state index contributed by atoms with van der Waals surface area (Å²) >= 11 is 0. The largest absolute Gasteiger partial charge is 0.394 e. The summed E-state index contributed by atoms with van der Waals surface area (Å²) in [7, 11) is 1.32. The number of rotatable bonds is 7. The van der Waals surface area contributed by atoms with E-state index in [2.05, 4.69) is 34.5 Å². The molecule has 1 fully saturated rings. The number of nitrogens with zero attached hydrogens (tertiary/aromatic N) is 1. The molecule has 112 valence electrons. The van der Waals surface area contributed by atoms with Crippen molar-refractivity contribution in [2.45, 2.75) is 12.5 Å². The van der Waals surface area contributed by atoms with E-state index in [-0.39, 0.29) is 0 Å². The van der Waals surface area contributed by atoms with Crippen LogP contribution in [-0.4, -0.2) is 60.4 Å². The van der Waals surface area contributed by atoms with Crippen molar-refractivity contribution in [3.8, 4) is 0 Å². The average Bonchev–Trinajstić information content (AvgIpc) is 2.54. The zero-order chi connectivity index (χ0) is 14.3. The van der Waals surface area contributed by atoms with Gasteiger partial charge in [0.1, 0.15) is 0 Å². The molecule has 0 radical (unpaired) electrons. The van der Waals surface area contributed by atoms with E-state index >= 15 is 0 Å². The Morgan fingerprint density at radius 1 is 1.10 bits per heavy atom. The fourth-order valence-electron chi connectivity index (χ4n) is 2.83. The Kier molecular flexibility index (Phi) is 6.19. The molecular formula is C15H26N2O2Si. The molecule has 0 aromatic heterocycles. The molecule has 0 saturated carbocycles. The first-order chi connectivity index (χ1) is 9.80. The van der Waals surface area contributed by atoms with Gasteiger partial charge in [0, 0.05) is 40.4 Å². The van der Waals surface area contributed by atoms with E-state index in [0.717, 1.165) is 45.2 Å². The van der Waals surface area contributed by atoms with Gasteiger partial charge in [-0.05, 0) is 24.2 Å². The standard InChI is InChI=1S/C15H26N2O2Si/c1-18-20(19-2,15-7-4-3-5-8-15)14-6-11-17-12-9-16-10-13-17/h3-5,7-8,16H,6,9-14H2,1-2H3. The molecule has 0 atom stereocenters. The Hall–Kier alpha value is -0.723. The van der Waals surface area contributed by atoms with E-state index in [0.29, 0.717) is 0 Å². The Bertz CT molecular complexity index is 379. The maximum Gasteiger partial charge on any atom is 0.372 e. The molecule has 0 aliphatic carbocycles. The summed E-state index contributed by atoms with van der Waals surface area (Å²) in [6.07, 6.45) is 1.13. The Morgan fingerprint density at radius 2 is 1.75 bits per heavy atom. The summed E-state index contributed by atoms with van der Waals surface area (Å²) in [6.45, 7) is 5.65. The minimum absolute atomic E-state index is 1.01. The molecule has 1 aliphatic rings. The van der Waals surface area contributed by atoms with Crippen molar-refractivity contribution in [1.29, 1.82) is 0 Å². The van der Waals surface area contributed by atoms with Gasteiger partial charge in [0.2, 0.25) is 0 Å². The third-order valence-electron chi connectivity index (χ3n) is 4.06. The van der Waals surface area contributed by atoms with Gasteiger partial charge >= 0.3 is 8.56 Å². The summed E-state index contributed by atoms with van der Waals surface area (Å²) in [5.74, 6) is 0. The van der Waals surface area contributed by atoms with Crippen LogP contribution in [0.5, 0.6) is 0 Å². The number of piperazine rings is 1. The van der Waals surface area contributed by atoms with Gasteiger partial charge in [-0.1, -0.05) is 30.3 Å². The van der Waals surface area contributed by atoms with E-state index in [1.807, 2.05) is 6.07 Å². The lowest BCUT2D eigenvalue weighted by atomic mass is 10.3. The van der Waals surface area contributed by atoms with Crippen LogP contribution in [0.2, 0.25) is 6.04 Å². The lowest BCUT2D eigenvalue weighted by Crippen LogP contribution is -2.53. The predicted molar refractivity (Wildman–Crippen MR) is 84.6 cm³/mol. The molecule has 1 aromatic rings. The molecule has 1 aromatic carbocycles. The van der Waals surface area contributed by atoms with E-state index in [1.165, 1.54) is 5.19 Å². The van der Waals surface area contributed by atoms with Crippen LogP contribution < -0.4 is 10.5 Å². The van der Waals surface area contributed by atoms with Crippen molar-refractivity contribution >= 4 is 13.7 Å². The normalized spacial score (nSPS) is 17.3. The van der Waals surface area contributed by atoms with Crippen LogP contribution in [0.25, 0.3) is 0 Å². The van der Waals surface area contributed by atoms with Gasteiger partial charge in [-0.2, -0.15) is 0 Å². The molecule has 5 heteroatoms. The summed E-state index contributed by atoms with van der Waals surface area (Å²) in [4.78, 5) is 2.52. The minimum atomic E-state index is -2.25. The maximum atomic E-state index is 5.85. The third-order valence-corrected chi connectivity index (χ3v) is 7.61. The van der Waals surface area contributed by atoms with Gasteiger partial charge in [-0.3, -0.25) is 0 Å². The first-order valence-corrected chi connectivity index (χ1v) is 9.42. The SMILES string of the molecule is CO[Si](CCCN1CCNCC1)(OC)c1ccccc1. The van der Waals surface area contributed by atoms with E-state index in [4.69, 9.17) is 8.85 Å². The molecule has 0 bridgehead atoms. The highest BCUT2D eigenvalue weighted by Gasteiger charge is 2.37.